The zero-order valence-electron chi connectivity index (χ0n) is 14.1. The molecule has 0 unspecified atom stereocenters. The third-order valence-corrected chi connectivity index (χ3v) is 4.34. The van der Waals surface area contributed by atoms with Crippen LogP contribution in [-0.4, -0.2) is 24.6 Å². The fraction of sp³-hybridized carbons (Fsp3) is 0.111. The number of amides is 2. The molecule has 0 aliphatic rings. The quantitative estimate of drug-likeness (QED) is 0.613. The molecule has 2 N–H and O–H groups in total. The van der Waals surface area contributed by atoms with E-state index in [1.54, 1.807) is 12.1 Å². The number of benzene rings is 1. The predicted molar refractivity (Wildman–Crippen MR) is 96.9 cm³/mol. The lowest BCUT2D eigenvalue weighted by molar-refractivity contribution is -0.153. The van der Waals surface area contributed by atoms with E-state index in [9.17, 15) is 22.8 Å². The maximum absolute atomic E-state index is 12.4. The van der Waals surface area contributed by atoms with E-state index in [0.29, 0.717) is 5.00 Å². The minimum atomic E-state index is -4.49. The molecular formula is C18H13F3N2O4S. The van der Waals surface area contributed by atoms with E-state index in [2.05, 4.69) is 10.6 Å². The average molecular weight is 410 g/mol. The zero-order chi connectivity index (χ0) is 20.1. The summed E-state index contributed by atoms with van der Waals surface area (Å²) in [5, 5.41) is 5.50. The molecule has 0 spiro atoms. The van der Waals surface area contributed by atoms with Crippen molar-refractivity contribution < 1.29 is 31.9 Å². The minimum absolute atomic E-state index is 0.101. The molecule has 28 heavy (non-hydrogen) atoms. The van der Waals surface area contributed by atoms with Gasteiger partial charge in [-0.3, -0.25) is 9.59 Å². The van der Waals surface area contributed by atoms with Crippen molar-refractivity contribution in [3.63, 3.8) is 0 Å². The summed E-state index contributed by atoms with van der Waals surface area (Å²) in [7, 11) is 0. The SMILES string of the molecule is O=C(Nc1ccc(C(=O)Nc2ccccc2OCC(F)(F)F)s1)c1ccco1. The highest BCUT2D eigenvalue weighted by Gasteiger charge is 2.29. The molecule has 0 aliphatic heterocycles. The summed E-state index contributed by atoms with van der Waals surface area (Å²) in [6.45, 7) is -1.47. The van der Waals surface area contributed by atoms with Crippen LogP contribution in [0.25, 0.3) is 0 Å². The first-order valence-electron chi connectivity index (χ1n) is 7.86. The number of carbonyl (C=O) groups is 2. The number of furan rings is 1. The first kappa shape index (κ1) is 19.5. The molecule has 0 saturated carbocycles. The third kappa shape index (κ3) is 5.13. The molecule has 3 rings (SSSR count). The molecule has 6 nitrogen and oxygen atoms in total. The molecule has 146 valence electrons. The molecule has 3 aromatic rings. The van der Waals surface area contributed by atoms with Crippen LogP contribution in [0.5, 0.6) is 5.75 Å². The number of rotatable bonds is 6. The molecule has 2 aromatic heterocycles. The highest BCUT2D eigenvalue weighted by molar-refractivity contribution is 7.18. The number of para-hydroxylation sites is 2. The lowest BCUT2D eigenvalue weighted by Gasteiger charge is -2.13. The second kappa shape index (κ2) is 8.17. The largest absolute Gasteiger partial charge is 0.482 e. The van der Waals surface area contributed by atoms with Crippen molar-refractivity contribution in [2.24, 2.45) is 0 Å². The van der Waals surface area contributed by atoms with Crippen LogP contribution in [0.1, 0.15) is 20.2 Å². The van der Waals surface area contributed by atoms with Gasteiger partial charge in [0.1, 0.15) is 5.75 Å². The van der Waals surface area contributed by atoms with Gasteiger partial charge in [0.2, 0.25) is 0 Å². The zero-order valence-corrected chi connectivity index (χ0v) is 14.9. The van der Waals surface area contributed by atoms with Crippen molar-refractivity contribution in [1.82, 2.24) is 0 Å². The van der Waals surface area contributed by atoms with E-state index >= 15 is 0 Å². The van der Waals surface area contributed by atoms with Gasteiger partial charge in [-0.25, -0.2) is 0 Å². The first-order valence-corrected chi connectivity index (χ1v) is 8.68. The number of halogens is 3. The lowest BCUT2D eigenvalue weighted by atomic mass is 10.3. The van der Waals surface area contributed by atoms with E-state index < -0.39 is 24.6 Å². The van der Waals surface area contributed by atoms with Gasteiger partial charge in [-0.15, -0.1) is 11.3 Å². The van der Waals surface area contributed by atoms with Crippen LogP contribution < -0.4 is 15.4 Å². The molecule has 1 aromatic carbocycles. The highest BCUT2D eigenvalue weighted by Crippen LogP contribution is 2.28. The Balaban J connectivity index is 1.66. The summed E-state index contributed by atoms with van der Waals surface area (Å²) in [6.07, 6.45) is -3.13. The van der Waals surface area contributed by atoms with Crippen molar-refractivity contribution in [3.05, 3.63) is 65.4 Å². The summed E-state index contributed by atoms with van der Waals surface area (Å²) in [6, 6.07) is 11.9. The molecule has 2 amide bonds. The van der Waals surface area contributed by atoms with Crippen molar-refractivity contribution in [1.29, 1.82) is 0 Å². The molecule has 0 atom stereocenters. The number of carbonyl (C=O) groups excluding carboxylic acids is 2. The number of anilines is 2. The van der Waals surface area contributed by atoms with Crippen LogP contribution in [0, 0.1) is 0 Å². The van der Waals surface area contributed by atoms with Crippen molar-refractivity contribution in [2.75, 3.05) is 17.2 Å². The van der Waals surface area contributed by atoms with Gasteiger partial charge < -0.3 is 19.8 Å². The molecule has 0 aliphatic carbocycles. The topological polar surface area (TPSA) is 80.6 Å². The van der Waals surface area contributed by atoms with Gasteiger partial charge in [0.15, 0.2) is 12.4 Å². The summed E-state index contributed by atoms with van der Waals surface area (Å²) in [5.74, 6) is -0.998. The second-order valence-corrected chi connectivity index (χ2v) is 6.53. The number of thiophene rings is 1. The Morgan fingerprint density at radius 3 is 2.50 bits per heavy atom. The molecule has 2 heterocycles. The Labute approximate surface area is 160 Å². The Kier molecular flexibility index (Phi) is 5.69. The van der Waals surface area contributed by atoms with Crippen molar-refractivity contribution in [2.45, 2.75) is 6.18 Å². The summed E-state index contributed by atoms with van der Waals surface area (Å²) in [5.41, 5.74) is 0.103. The maximum atomic E-state index is 12.4. The highest BCUT2D eigenvalue weighted by atomic mass is 32.1. The predicted octanol–water partition coefficient (Wildman–Crippen LogP) is 4.79. The fourth-order valence-corrected chi connectivity index (χ4v) is 2.94. The van der Waals surface area contributed by atoms with Gasteiger partial charge in [0, 0.05) is 0 Å². The Hall–Kier alpha value is -3.27. The van der Waals surface area contributed by atoms with Gasteiger partial charge in [0.05, 0.1) is 21.8 Å². The smallest absolute Gasteiger partial charge is 0.422 e. The van der Waals surface area contributed by atoms with Gasteiger partial charge in [0.25, 0.3) is 11.8 Å². The molecule has 0 radical (unpaired) electrons. The van der Waals surface area contributed by atoms with Crippen LogP contribution >= 0.6 is 11.3 Å². The first-order chi connectivity index (χ1) is 13.3. The molecule has 0 saturated heterocycles. The number of nitrogens with one attached hydrogen (secondary N) is 2. The maximum Gasteiger partial charge on any atom is 0.422 e. The fourth-order valence-electron chi connectivity index (χ4n) is 2.15. The number of hydrogen-bond acceptors (Lipinski definition) is 5. The lowest BCUT2D eigenvalue weighted by Crippen LogP contribution is -2.20. The Bertz CT molecular complexity index is 967. The van der Waals surface area contributed by atoms with E-state index in [0.717, 1.165) is 11.3 Å². The number of alkyl halides is 3. The van der Waals surface area contributed by atoms with Gasteiger partial charge in [-0.1, -0.05) is 12.1 Å². The standard InChI is InChI=1S/C18H13F3N2O4S/c19-18(20,21)10-27-12-5-2-1-4-11(12)22-17(25)14-7-8-15(28-14)23-16(24)13-6-3-9-26-13/h1-9H,10H2,(H,22,25)(H,23,24). The summed E-state index contributed by atoms with van der Waals surface area (Å²) in [4.78, 5) is 24.6. The molecule has 0 fully saturated rings. The van der Waals surface area contributed by atoms with Crippen LogP contribution in [0.4, 0.5) is 23.9 Å². The van der Waals surface area contributed by atoms with E-state index in [1.807, 2.05) is 0 Å². The second-order valence-electron chi connectivity index (χ2n) is 5.45. The van der Waals surface area contributed by atoms with E-state index in [-0.39, 0.29) is 22.1 Å². The number of ether oxygens (including phenoxy) is 1. The van der Waals surface area contributed by atoms with Gasteiger partial charge in [-0.2, -0.15) is 13.2 Å². The van der Waals surface area contributed by atoms with Crippen molar-refractivity contribution >= 4 is 33.8 Å². The normalized spacial score (nSPS) is 11.1. The molecular weight excluding hydrogens is 397 g/mol. The van der Waals surface area contributed by atoms with Gasteiger partial charge in [-0.05, 0) is 36.4 Å². The Morgan fingerprint density at radius 1 is 1.00 bits per heavy atom. The monoisotopic (exact) mass is 410 g/mol. The summed E-state index contributed by atoms with van der Waals surface area (Å²) >= 11 is 1.00. The van der Waals surface area contributed by atoms with E-state index in [4.69, 9.17) is 9.15 Å². The van der Waals surface area contributed by atoms with Crippen LogP contribution in [0.3, 0.4) is 0 Å². The Morgan fingerprint density at radius 2 is 1.79 bits per heavy atom. The van der Waals surface area contributed by atoms with Crippen LogP contribution in [0.15, 0.2) is 59.2 Å². The minimum Gasteiger partial charge on any atom is -0.482 e. The average Bonchev–Trinajstić information content (AvgIpc) is 3.32. The van der Waals surface area contributed by atoms with Gasteiger partial charge >= 0.3 is 6.18 Å². The van der Waals surface area contributed by atoms with Crippen molar-refractivity contribution in [3.8, 4) is 5.75 Å². The van der Waals surface area contributed by atoms with Crippen LogP contribution in [0.2, 0.25) is 0 Å². The number of hydrogen-bond donors (Lipinski definition) is 2. The molecule has 0 bridgehead atoms. The van der Waals surface area contributed by atoms with E-state index in [1.165, 1.54) is 42.7 Å². The van der Waals surface area contributed by atoms with Crippen LogP contribution in [-0.2, 0) is 0 Å². The third-order valence-electron chi connectivity index (χ3n) is 3.34. The summed E-state index contributed by atoms with van der Waals surface area (Å²) < 4.78 is 46.8. The molecule has 10 heteroatoms.